The number of anilines is 1. The average molecular weight is 300 g/mol. The lowest BCUT2D eigenvalue weighted by atomic mass is 9.87. The molecule has 1 fully saturated rings. The molecule has 0 spiro atoms. The lowest BCUT2D eigenvalue weighted by Crippen LogP contribution is -2.27. The van der Waals surface area contributed by atoms with Crippen LogP contribution in [-0.4, -0.2) is 15.0 Å². The highest BCUT2D eigenvalue weighted by atomic mass is 32.2. The summed E-state index contributed by atoms with van der Waals surface area (Å²) in [5, 5.41) is 0. The fourth-order valence-corrected chi connectivity index (χ4v) is 3.89. The van der Waals surface area contributed by atoms with Crippen LogP contribution in [-0.2, 0) is 10.0 Å². The zero-order valence-electron chi connectivity index (χ0n) is 11.4. The van der Waals surface area contributed by atoms with Crippen molar-refractivity contribution >= 4 is 15.7 Å². The Kier molecular flexibility index (Phi) is 4.99. The third kappa shape index (κ3) is 3.70. The van der Waals surface area contributed by atoms with E-state index in [1.807, 2.05) is 0 Å². The number of nitrogens with one attached hydrogen (secondary N) is 1. The minimum atomic E-state index is -3.73. The first-order valence-electron chi connectivity index (χ1n) is 7.04. The van der Waals surface area contributed by atoms with Gasteiger partial charge in [-0.2, -0.15) is 0 Å². The van der Waals surface area contributed by atoms with Gasteiger partial charge >= 0.3 is 0 Å². The summed E-state index contributed by atoms with van der Waals surface area (Å²) in [4.78, 5) is -0.179. The Morgan fingerprint density at radius 2 is 1.95 bits per heavy atom. The Bertz CT molecular complexity index is 554. The molecule has 1 aliphatic carbocycles. The van der Waals surface area contributed by atoms with Crippen molar-refractivity contribution < 1.29 is 12.8 Å². The van der Waals surface area contributed by atoms with Crippen LogP contribution in [0.1, 0.15) is 38.5 Å². The molecule has 20 heavy (non-hydrogen) atoms. The van der Waals surface area contributed by atoms with E-state index in [1.165, 1.54) is 44.2 Å². The zero-order valence-corrected chi connectivity index (χ0v) is 12.3. The van der Waals surface area contributed by atoms with Gasteiger partial charge in [0.25, 0.3) is 0 Å². The van der Waals surface area contributed by atoms with Crippen molar-refractivity contribution in [3.8, 4) is 0 Å². The van der Waals surface area contributed by atoms with Crippen LogP contribution >= 0.6 is 0 Å². The SMILES string of the molecule is Nc1c(F)cccc1S(=O)(=O)NCCC1CCCCC1. The molecule has 2 rings (SSSR count). The molecule has 0 heterocycles. The molecule has 4 nitrogen and oxygen atoms in total. The summed E-state index contributed by atoms with van der Waals surface area (Å²) < 4.78 is 40.0. The Hall–Kier alpha value is -1.14. The van der Waals surface area contributed by atoms with E-state index in [0.717, 1.165) is 12.5 Å². The van der Waals surface area contributed by atoms with Gasteiger partial charge in [0.1, 0.15) is 10.7 Å². The van der Waals surface area contributed by atoms with E-state index in [9.17, 15) is 12.8 Å². The number of rotatable bonds is 5. The van der Waals surface area contributed by atoms with Gasteiger partial charge in [-0.25, -0.2) is 17.5 Å². The summed E-state index contributed by atoms with van der Waals surface area (Å²) in [5.41, 5.74) is 5.17. The Balaban J connectivity index is 1.95. The predicted octanol–water partition coefficient (Wildman–Crippen LogP) is 2.66. The molecule has 112 valence electrons. The van der Waals surface area contributed by atoms with Crippen molar-refractivity contribution in [2.45, 2.75) is 43.4 Å². The van der Waals surface area contributed by atoms with Gasteiger partial charge in [0.15, 0.2) is 0 Å². The summed E-state index contributed by atoms with van der Waals surface area (Å²) in [7, 11) is -3.73. The molecular weight excluding hydrogens is 279 g/mol. The summed E-state index contributed by atoms with van der Waals surface area (Å²) in [6.45, 7) is 0.378. The fraction of sp³-hybridized carbons (Fsp3) is 0.571. The van der Waals surface area contributed by atoms with Crippen molar-refractivity contribution in [2.75, 3.05) is 12.3 Å². The standard InChI is InChI=1S/C14H21FN2O2S/c15-12-7-4-8-13(14(12)16)20(18,19)17-10-9-11-5-2-1-3-6-11/h4,7-8,11,17H,1-3,5-6,9-10,16H2. The number of benzene rings is 1. The van der Waals surface area contributed by atoms with Gasteiger partial charge in [-0.1, -0.05) is 38.2 Å². The third-order valence-electron chi connectivity index (χ3n) is 3.87. The van der Waals surface area contributed by atoms with Gasteiger partial charge in [-0.15, -0.1) is 0 Å². The van der Waals surface area contributed by atoms with Gasteiger partial charge in [-0.05, 0) is 24.5 Å². The van der Waals surface area contributed by atoms with E-state index >= 15 is 0 Å². The summed E-state index contributed by atoms with van der Waals surface area (Å²) in [5.74, 6) is -0.114. The molecule has 0 atom stereocenters. The maximum absolute atomic E-state index is 13.3. The van der Waals surface area contributed by atoms with E-state index in [1.54, 1.807) is 0 Å². The quantitative estimate of drug-likeness (QED) is 0.821. The average Bonchev–Trinajstić information content (AvgIpc) is 2.42. The molecule has 0 saturated heterocycles. The number of hydrogen-bond donors (Lipinski definition) is 2. The molecule has 0 radical (unpaired) electrons. The van der Waals surface area contributed by atoms with E-state index in [0.29, 0.717) is 12.5 Å². The molecule has 0 bridgehead atoms. The molecule has 1 aliphatic rings. The zero-order chi connectivity index (χ0) is 14.6. The largest absolute Gasteiger partial charge is 0.395 e. The lowest BCUT2D eigenvalue weighted by molar-refractivity contribution is 0.339. The van der Waals surface area contributed by atoms with Crippen molar-refractivity contribution in [1.82, 2.24) is 4.72 Å². The highest BCUT2D eigenvalue weighted by Crippen LogP contribution is 2.26. The second-order valence-corrected chi connectivity index (χ2v) is 7.08. The maximum atomic E-state index is 13.3. The lowest BCUT2D eigenvalue weighted by Gasteiger charge is -2.21. The van der Waals surface area contributed by atoms with Gasteiger partial charge in [0, 0.05) is 6.54 Å². The molecule has 1 aromatic carbocycles. The first-order chi connectivity index (χ1) is 9.50. The number of nitrogens with two attached hydrogens (primary N) is 1. The Morgan fingerprint density at radius 3 is 2.65 bits per heavy atom. The van der Waals surface area contributed by atoms with E-state index in [2.05, 4.69) is 4.72 Å². The van der Waals surface area contributed by atoms with E-state index in [4.69, 9.17) is 5.73 Å². The van der Waals surface area contributed by atoms with Crippen LogP contribution < -0.4 is 10.5 Å². The molecule has 3 N–H and O–H groups in total. The molecule has 0 aromatic heterocycles. The van der Waals surface area contributed by atoms with Crippen LogP contribution in [0.4, 0.5) is 10.1 Å². The van der Waals surface area contributed by atoms with Crippen LogP contribution in [0, 0.1) is 11.7 Å². The highest BCUT2D eigenvalue weighted by molar-refractivity contribution is 7.89. The van der Waals surface area contributed by atoms with Gasteiger partial charge in [0.2, 0.25) is 10.0 Å². The topological polar surface area (TPSA) is 72.2 Å². The molecule has 6 heteroatoms. The number of nitrogen functional groups attached to an aromatic ring is 1. The molecule has 0 aliphatic heterocycles. The first kappa shape index (κ1) is 15.3. The Labute approximate surface area is 119 Å². The van der Waals surface area contributed by atoms with Crippen LogP contribution in [0.25, 0.3) is 0 Å². The van der Waals surface area contributed by atoms with Crippen molar-refractivity contribution in [3.05, 3.63) is 24.0 Å². The van der Waals surface area contributed by atoms with E-state index in [-0.39, 0.29) is 10.6 Å². The molecule has 1 saturated carbocycles. The fourth-order valence-electron chi connectivity index (χ4n) is 2.70. The molecule has 1 aromatic rings. The minimum Gasteiger partial charge on any atom is -0.395 e. The van der Waals surface area contributed by atoms with Crippen molar-refractivity contribution in [1.29, 1.82) is 0 Å². The summed E-state index contributed by atoms with van der Waals surface area (Å²) in [6, 6.07) is 3.82. The smallest absolute Gasteiger partial charge is 0.242 e. The normalized spacial score (nSPS) is 17.2. The second-order valence-electron chi connectivity index (χ2n) is 5.34. The van der Waals surface area contributed by atoms with Crippen LogP contribution in [0.3, 0.4) is 0 Å². The highest BCUT2D eigenvalue weighted by Gasteiger charge is 2.20. The number of halogens is 1. The van der Waals surface area contributed by atoms with Crippen molar-refractivity contribution in [3.63, 3.8) is 0 Å². The Morgan fingerprint density at radius 1 is 1.25 bits per heavy atom. The number of para-hydroxylation sites is 1. The summed E-state index contributed by atoms with van der Waals surface area (Å²) >= 11 is 0. The number of sulfonamides is 1. The second kappa shape index (κ2) is 6.54. The molecular formula is C14H21FN2O2S. The maximum Gasteiger partial charge on any atom is 0.242 e. The molecule has 0 unspecified atom stereocenters. The van der Waals surface area contributed by atoms with Gasteiger partial charge in [-0.3, -0.25) is 0 Å². The third-order valence-corrected chi connectivity index (χ3v) is 5.39. The minimum absolute atomic E-state index is 0.179. The van der Waals surface area contributed by atoms with Crippen LogP contribution in [0.15, 0.2) is 23.1 Å². The first-order valence-corrected chi connectivity index (χ1v) is 8.52. The summed E-state index contributed by atoms with van der Waals surface area (Å²) in [6.07, 6.45) is 6.91. The molecule has 0 amide bonds. The van der Waals surface area contributed by atoms with Crippen LogP contribution in [0.2, 0.25) is 0 Å². The van der Waals surface area contributed by atoms with Crippen molar-refractivity contribution in [2.24, 2.45) is 5.92 Å². The van der Waals surface area contributed by atoms with Crippen LogP contribution in [0.5, 0.6) is 0 Å². The predicted molar refractivity (Wildman–Crippen MR) is 77.2 cm³/mol. The van der Waals surface area contributed by atoms with E-state index < -0.39 is 15.8 Å². The monoisotopic (exact) mass is 300 g/mol. The number of hydrogen-bond acceptors (Lipinski definition) is 3. The van der Waals surface area contributed by atoms with Gasteiger partial charge in [0.05, 0.1) is 5.69 Å². The van der Waals surface area contributed by atoms with Gasteiger partial charge < -0.3 is 5.73 Å².